The predicted octanol–water partition coefficient (Wildman–Crippen LogP) is 9.05. The lowest BCUT2D eigenvalue weighted by Gasteiger charge is -2.20. The zero-order valence-electron chi connectivity index (χ0n) is 20.0. The van der Waals surface area contributed by atoms with Crippen molar-refractivity contribution in [1.29, 1.82) is 0 Å². The summed E-state index contributed by atoms with van der Waals surface area (Å²) in [5.41, 5.74) is 10.5. The first-order chi connectivity index (χ1) is 16.5. The van der Waals surface area contributed by atoms with Crippen LogP contribution in [0.5, 0.6) is 0 Å². The van der Waals surface area contributed by atoms with Gasteiger partial charge in [0.2, 0.25) is 0 Å². The van der Waals surface area contributed by atoms with Crippen LogP contribution < -0.4 is 0 Å². The first-order valence-electron chi connectivity index (χ1n) is 11.8. The monoisotopic (exact) mass is 439 g/mol. The summed E-state index contributed by atoms with van der Waals surface area (Å²) in [6, 6.07) is 43.0. The Morgan fingerprint density at radius 1 is 0.412 bits per heavy atom. The number of hydrogen-bond donors (Lipinski definition) is 0. The molecule has 0 bridgehead atoms. The number of rotatable bonds is 4. The fraction of sp³-hybridized carbons (Fsp3) is 0.121. The molecule has 0 aliphatic carbocycles. The van der Waals surface area contributed by atoms with Crippen LogP contribution in [0.25, 0.3) is 44.8 Å². The quantitative estimate of drug-likeness (QED) is 0.272. The molecular formula is C33H29N. The van der Waals surface area contributed by atoms with E-state index in [1.165, 1.54) is 27.8 Å². The highest BCUT2D eigenvalue weighted by atomic mass is 14.7. The molecule has 0 aliphatic heterocycles. The molecule has 166 valence electrons. The topological polar surface area (TPSA) is 12.9 Å². The minimum Gasteiger partial charge on any atom is -0.248 e. The summed E-state index contributed by atoms with van der Waals surface area (Å²) in [7, 11) is 0. The highest BCUT2D eigenvalue weighted by Gasteiger charge is 2.14. The van der Waals surface area contributed by atoms with Crippen LogP contribution >= 0.6 is 0 Å². The van der Waals surface area contributed by atoms with Crippen LogP contribution in [-0.2, 0) is 5.41 Å². The third-order valence-corrected chi connectivity index (χ3v) is 6.22. The maximum absolute atomic E-state index is 5.02. The van der Waals surface area contributed by atoms with Crippen LogP contribution in [0.4, 0.5) is 0 Å². The van der Waals surface area contributed by atoms with E-state index in [1.807, 2.05) is 12.1 Å². The standard InChI is InChI=1S/C33H29N/c1-33(2,3)30-19-11-18-28(21-30)26-16-10-17-27(20-26)29-22-31(24-12-6-4-7-13-24)34-32(23-29)25-14-8-5-9-15-25/h4-23H,1-3H3. The van der Waals surface area contributed by atoms with Crippen molar-refractivity contribution in [2.75, 3.05) is 0 Å². The van der Waals surface area contributed by atoms with Crippen molar-refractivity contribution < 1.29 is 0 Å². The van der Waals surface area contributed by atoms with Gasteiger partial charge in [0.25, 0.3) is 0 Å². The summed E-state index contributed by atoms with van der Waals surface area (Å²) in [6.07, 6.45) is 0. The smallest absolute Gasteiger partial charge is 0.0715 e. The molecule has 4 aromatic carbocycles. The summed E-state index contributed by atoms with van der Waals surface area (Å²) >= 11 is 0. The molecule has 34 heavy (non-hydrogen) atoms. The Morgan fingerprint density at radius 3 is 1.38 bits per heavy atom. The molecule has 1 heterocycles. The van der Waals surface area contributed by atoms with Gasteiger partial charge in [-0.15, -0.1) is 0 Å². The molecule has 5 rings (SSSR count). The maximum Gasteiger partial charge on any atom is 0.0715 e. The zero-order chi connectivity index (χ0) is 23.5. The van der Waals surface area contributed by atoms with Gasteiger partial charge in [-0.25, -0.2) is 4.98 Å². The molecule has 0 aliphatic rings. The van der Waals surface area contributed by atoms with E-state index in [0.717, 1.165) is 22.5 Å². The number of pyridine rings is 1. The van der Waals surface area contributed by atoms with Gasteiger partial charge in [0.15, 0.2) is 0 Å². The van der Waals surface area contributed by atoms with E-state index >= 15 is 0 Å². The van der Waals surface area contributed by atoms with Gasteiger partial charge in [-0.1, -0.05) is 124 Å². The molecular weight excluding hydrogens is 410 g/mol. The Kier molecular flexibility index (Phi) is 5.86. The maximum atomic E-state index is 5.02. The molecule has 0 spiro atoms. The van der Waals surface area contributed by atoms with Gasteiger partial charge in [0, 0.05) is 11.1 Å². The zero-order valence-corrected chi connectivity index (χ0v) is 20.0. The molecule has 0 unspecified atom stereocenters. The van der Waals surface area contributed by atoms with Crippen LogP contribution in [0.3, 0.4) is 0 Å². The fourth-order valence-corrected chi connectivity index (χ4v) is 4.25. The first kappa shape index (κ1) is 21.9. The minimum absolute atomic E-state index is 0.119. The summed E-state index contributed by atoms with van der Waals surface area (Å²) in [4.78, 5) is 5.02. The Morgan fingerprint density at radius 2 is 0.853 bits per heavy atom. The van der Waals surface area contributed by atoms with Crippen molar-refractivity contribution >= 4 is 0 Å². The third kappa shape index (κ3) is 4.70. The minimum atomic E-state index is 0.119. The molecule has 1 heteroatoms. The molecule has 5 aromatic rings. The average Bonchev–Trinajstić information content (AvgIpc) is 2.89. The second-order valence-electron chi connectivity index (χ2n) is 9.77. The van der Waals surface area contributed by atoms with E-state index < -0.39 is 0 Å². The van der Waals surface area contributed by atoms with Gasteiger partial charge < -0.3 is 0 Å². The molecule has 0 atom stereocenters. The SMILES string of the molecule is CC(C)(C)c1cccc(-c2cccc(-c3cc(-c4ccccc4)nc(-c4ccccc4)c3)c2)c1. The lowest BCUT2D eigenvalue weighted by molar-refractivity contribution is 0.590. The summed E-state index contributed by atoms with van der Waals surface area (Å²) in [5.74, 6) is 0. The van der Waals surface area contributed by atoms with Crippen molar-refractivity contribution in [3.63, 3.8) is 0 Å². The van der Waals surface area contributed by atoms with E-state index in [2.05, 4.69) is 130 Å². The highest BCUT2D eigenvalue weighted by molar-refractivity contribution is 5.79. The largest absolute Gasteiger partial charge is 0.248 e. The highest BCUT2D eigenvalue weighted by Crippen LogP contribution is 2.33. The second-order valence-corrected chi connectivity index (χ2v) is 9.77. The number of aromatic nitrogens is 1. The van der Waals surface area contributed by atoms with E-state index in [9.17, 15) is 0 Å². The molecule has 0 amide bonds. The summed E-state index contributed by atoms with van der Waals surface area (Å²) in [6.45, 7) is 6.78. The Hall–Kier alpha value is -3.97. The van der Waals surface area contributed by atoms with Gasteiger partial charge in [0.05, 0.1) is 11.4 Å². The fourth-order valence-electron chi connectivity index (χ4n) is 4.25. The van der Waals surface area contributed by atoms with E-state index in [1.54, 1.807) is 0 Å². The Bertz CT molecular complexity index is 1350. The van der Waals surface area contributed by atoms with E-state index in [-0.39, 0.29) is 5.41 Å². The van der Waals surface area contributed by atoms with Gasteiger partial charge in [0.1, 0.15) is 0 Å². The average molecular weight is 440 g/mol. The molecule has 0 N–H and O–H groups in total. The molecule has 0 fully saturated rings. The predicted molar refractivity (Wildman–Crippen MR) is 145 cm³/mol. The van der Waals surface area contributed by atoms with Gasteiger partial charge >= 0.3 is 0 Å². The van der Waals surface area contributed by atoms with Crippen LogP contribution in [-0.4, -0.2) is 4.98 Å². The van der Waals surface area contributed by atoms with Crippen molar-refractivity contribution in [1.82, 2.24) is 4.98 Å². The third-order valence-electron chi connectivity index (χ3n) is 6.22. The van der Waals surface area contributed by atoms with Crippen LogP contribution in [0.1, 0.15) is 26.3 Å². The lowest BCUT2D eigenvalue weighted by atomic mass is 9.85. The molecule has 0 saturated heterocycles. The summed E-state index contributed by atoms with van der Waals surface area (Å²) < 4.78 is 0. The lowest BCUT2D eigenvalue weighted by Crippen LogP contribution is -2.10. The normalized spacial score (nSPS) is 11.4. The van der Waals surface area contributed by atoms with Crippen LogP contribution in [0.2, 0.25) is 0 Å². The summed E-state index contributed by atoms with van der Waals surface area (Å²) in [5, 5.41) is 0. The van der Waals surface area contributed by atoms with Gasteiger partial charge in [-0.3, -0.25) is 0 Å². The number of benzene rings is 4. The van der Waals surface area contributed by atoms with Crippen LogP contribution in [0, 0.1) is 0 Å². The molecule has 0 radical (unpaired) electrons. The first-order valence-corrected chi connectivity index (χ1v) is 11.8. The Labute approximate surface area is 202 Å². The van der Waals surface area contributed by atoms with Crippen molar-refractivity contribution in [3.05, 3.63) is 127 Å². The molecule has 1 aromatic heterocycles. The molecule has 1 nitrogen and oxygen atoms in total. The number of nitrogens with zero attached hydrogens (tertiary/aromatic N) is 1. The second kappa shape index (κ2) is 9.11. The van der Waals surface area contributed by atoms with Crippen LogP contribution in [0.15, 0.2) is 121 Å². The van der Waals surface area contributed by atoms with E-state index in [0.29, 0.717) is 0 Å². The van der Waals surface area contributed by atoms with Gasteiger partial charge in [-0.2, -0.15) is 0 Å². The van der Waals surface area contributed by atoms with Crippen molar-refractivity contribution in [3.8, 4) is 44.8 Å². The van der Waals surface area contributed by atoms with Crippen molar-refractivity contribution in [2.24, 2.45) is 0 Å². The van der Waals surface area contributed by atoms with Gasteiger partial charge in [-0.05, 0) is 51.4 Å². The van der Waals surface area contributed by atoms with E-state index in [4.69, 9.17) is 4.98 Å². The molecule has 0 saturated carbocycles. The number of hydrogen-bond acceptors (Lipinski definition) is 1. The Balaban J connectivity index is 1.63. The van der Waals surface area contributed by atoms with Crippen molar-refractivity contribution in [2.45, 2.75) is 26.2 Å².